The van der Waals surface area contributed by atoms with E-state index in [2.05, 4.69) is 44.7 Å². The lowest BCUT2D eigenvalue weighted by atomic mass is 9.83. The minimum atomic E-state index is 0.461. The fraction of sp³-hybridized carbons (Fsp3) is 0.889. The van der Waals surface area contributed by atoms with Crippen LogP contribution in [0.5, 0.6) is 0 Å². The highest BCUT2D eigenvalue weighted by Gasteiger charge is 2.23. The van der Waals surface area contributed by atoms with Gasteiger partial charge in [0.25, 0.3) is 0 Å². The number of rotatable bonds is 5. The van der Waals surface area contributed by atoms with E-state index in [9.17, 15) is 0 Å². The summed E-state index contributed by atoms with van der Waals surface area (Å²) < 4.78 is 0. The number of hydrogen-bond donors (Lipinski definition) is 0. The van der Waals surface area contributed by atoms with Crippen molar-refractivity contribution in [2.75, 3.05) is 0 Å². The van der Waals surface area contributed by atoms with Gasteiger partial charge in [0.15, 0.2) is 0 Å². The van der Waals surface area contributed by atoms with E-state index < -0.39 is 0 Å². The Hall–Kier alpha value is 0.600. The smallest absolute Gasteiger partial charge is 0.0215 e. The number of hydrogen-bond acceptors (Lipinski definition) is 0. The maximum Gasteiger partial charge on any atom is -0.0215 e. The molecule has 0 amide bonds. The van der Waals surface area contributed by atoms with Crippen molar-refractivity contribution in [3.8, 4) is 0 Å². The zero-order valence-corrected chi connectivity index (χ0v) is 10.0. The van der Waals surface area contributed by atoms with Crippen LogP contribution in [0.15, 0.2) is 0 Å². The Morgan fingerprint density at radius 3 is 2.45 bits per heavy atom. The SMILES string of the molecule is CCC(P)C(C)(C)CCC=P. The molecule has 0 aliphatic rings. The minimum absolute atomic E-state index is 0.461. The highest BCUT2D eigenvalue weighted by molar-refractivity contribution is 7.18. The normalized spacial score (nSPS) is 14.5. The third kappa shape index (κ3) is 4.24. The van der Waals surface area contributed by atoms with Crippen molar-refractivity contribution >= 4 is 23.9 Å². The van der Waals surface area contributed by atoms with Crippen molar-refractivity contribution in [1.29, 1.82) is 0 Å². The summed E-state index contributed by atoms with van der Waals surface area (Å²) in [5.74, 6) is 2.06. The summed E-state index contributed by atoms with van der Waals surface area (Å²) >= 11 is 0. The first-order valence-corrected chi connectivity index (χ1v) is 5.53. The molecule has 11 heavy (non-hydrogen) atoms. The van der Waals surface area contributed by atoms with Crippen molar-refractivity contribution in [2.24, 2.45) is 5.41 Å². The average Bonchev–Trinajstić information content (AvgIpc) is 1.99. The van der Waals surface area contributed by atoms with Gasteiger partial charge in [0.05, 0.1) is 0 Å². The lowest BCUT2D eigenvalue weighted by molar-refractivity contribution is 0.323. The molecular weight excluding hydrogens is 170 g/mol. The van der Waals surface area contributed by atoms with Gasteiger partial charge in [-0.1, -0.05) is 26.6 Å². The molecule has 0 aliphatic carbocycles. The van der Waals surface area contributed by atoms with Gasteiger partial charge in [-0.15, -0.1) is 18.1 Å². The van der Waals surface area contributed by atoms with Gasteiger partial charge in [-0.2, -0.15) is 0 Å². The zero-order chi connectivity index (χ0) is 8.91. The summed E-state index contributed by atoms with van der Waals surface area (Å²) in [4.78, 5) is 0. The molecule has 0 rings (SSSR count). The summed E-state index contributed by atoms with van der Waals surface area (Å²) in [6.45, 7) is 6.92. The first-order valence-electron chi connectivity index (χ1n) is 4.29. The molecule has 66 valence electrons. The van der Waals surface area contributed by atoms with Crippen LogP contribution in [0.4, 0.5) is 0 Å². The molecule has 0 N–H and O–H groups in total. The fourth-order valence-electron chi connectivity index (χ4n) is 1.18. The van der Waals surface area contributed by atoms with E-state index in [0.717, 1.165) is 12.1 Å². The second-order valence-electron chi connectivity index (χ2n) is 3.75. The lowest BCUT2D eigenvalue weighted by Gasteiger charge is -2.30. The first kappa shape index (κ1) is 11.6. The molecule has 0 bridgehead atoms. The van der Waals surface area contributed by atoms with Crippen molar-refractivity contribution in [1.82, 2.24) is 0 Å². The highest BCUT2D eigenvalue weighted by atomic mass is 31.0. The van der Waals surface area contributed by atoms with E-state index in [1.165, 1.54) is 12.8 Å². The summed E-state index contributed by atoms with van der Waals surface area (Å²) in [5, 5.41) is 0. The Morgan fingerprint density at radius 1 is 1.55 bits per heavy atom. The molecule has 0 aliphatic heterocycles. The van der Waals surface area contributed by atoms with Gasteiger partial charge < -0.3 is 0 Å². The van der Waals surface area contributed by atoms with Gasteiger partial charge in [-0.05, 0) is 30.3 Å². The van der Waals surface area contributed by atoms with Gasteiger partial charge in [0.2, 0.25) is 0 Å². The topological polar surface area (TPSA) is 0 Å². The molecule has 0 saturated carbocycles. The molecule has 0 fully saturated rings. The molecule has 0 nitrogen and oxygen atoms in total. The lowest BCUT2D eigenvalue weighted by Crippen LogP contribution is -2.23. The van der Waals surface area contributed by atoms with Gasteiger partial charge in [-0.25, -0.2) is 0 Å². The highest BCUT2D eigenvalue weighted by Crippen LogP contribution is 2.33. The third-order valence-electron chi connectivity index (χ3n) is 2.38. The molecular formula is C9H20P2. The zero-order valence-electron chi connectivity index (χ0n) is 7.85. The summed E-state index contributed by atoms with van der Waals surface area (Å²) in [6, 6.07) is 0. The molecule has 0 heterocycles. The predicted octanol–water partition coefficient (Wildman–Crippen LogP) is 3.39. The van der Waals surface area contributed by atoms with Crippen molar-refractivity contribution in [3.05, 3.63) is 0 Å². The van der Waals surface area contributed by atoms with E-state index in [4.69, 9.17) is 0 Å². The molecule has 0 radical (unpaired) electrons. The molecule has 2 unspecified atom stereocenters. The summed E-state index contributed by atoms with van der Waals surface area (Å²) in [6.07, 6.45) is 3.67. The Kier molecular flexibility index (Phi) is 5.57. The van der Waals surface area contributed by atoms with Gasteiger partial charge in [-0.3, -0.25) is 0 Å². The minimum Gasteiger partial charge on any atom is -0.134 e. The quantitative estimate of drug-likeness (QED) is 0.583. The van der Waals surface area contributed by atoms with Crippen LogP contribution in [0.3, 0.4) is 0 Å². The molecule has 0 aromatic rings. The predicted molar refractivity (Wildman–Crippen MR) is 61.2 cm³/mol. The summed E-state index contributed by atoms with van der Waals surface area (Å²) in [5.41, 5.74) is 1.21. The Balaban J connectivity index is 3.86. The van der Waals surface area contributed by atoms with Crippen LogP contribution in [0, 0.1) is 5.41 Å². The second kappa shape index (κ2) is 5.28. The standard InChI is InChI=1S/C9H20P2/c1-4-8(11)9(2,3)6-5-7-10/h7-8,10H,4-6,11H2,1-3H3. The Labute approximate surface area is 75.6 Å². The van der Waals surface area contributed by atoms with Crippen molar-refractivity contribution < 1.29 is 0 Å². The van der Waals surface area contributed by atoms with E-state index in [-0.39, 0.29) is 0 Å². The van der Waals surface area contributed by atoms with E-state index >= 15 is 0 Å². The van der Waals surface area contributed by atoms with Crippen LogP contribution in [-0.2, 0) is 0 Å². The fourth-order valence-corrected chi connectivity index (χ4v) is 1.49. The molecule has 2 heteroatoms. The van der Waals surface area contributed by atoms with Crippen LogP contribution in [0.2, 0.25) is 0 Å². The van der Waals surface area contributed by atoms with Crippen LogP contribution in [-0.4, -0.2) is 11.5 Å². The summed E-state index contributed by atoms with van der Waals surface area (Å²) in [7, 11) is 6.33. The molecule has 2 atom stereocenters. The van der Waals surface area contributed by atoms with Crippen LogP contribution in [0.25, 0.3) is 0 Å². The Bertz CT molecular complexity index is 119. The van der Waals surface area contributed by atoms with E-state index in [1.54, 1.807) is 0 Å². The van der Waals surface area contributed by atoms with Crippen LogP contribution in [0.1, 0.15) is 40.0 Å². The second-order valence-corrected chi connectivity index (χ2v) is 4.96. The van der Waals surface area contributed by atoms with E-state index in [1.807, 2.05) is 0 Å². The maximum absolute atomic E-state index is 3.39. The van der Waals surface area contributed by atoms with Crippen LogP contribution < -0.4 is 0 Å². The monoisotopic (exact) mass is 190 g/mol. The van der Waals surface area contributed by atoms with Gasteiger partial charge in [0.1, 0.15) is 0 Å². The van der Waals surface area contributed by atoms with Crippen molar-refractivity contribution in [2.45, 2.75) is 45.7 Å². The molecule has 0 saturated heterocycles. The average molecular weight is 190 g/mol. The molecule has 0 spiro atoms. The van der Waals surface area contributed by atoms with Crippen LogP contribution >= 0.6 is 18.1 Å². The molecule has 0 aromatic heterocycles. The first-order chi connectivity index (χ1) is 5.04. The van der Waals surface area contributed by atoms with Gasteiger partial charge >= 0.3 is 0 Å². The largest absolute Gasteiger partial charge is 0.134 e. The third-order valence-corrected chi connectivity index (χ3v) is 4.04. The molecule has 0 aromatic carbocycles. The van der Waals surface area contributed by atoms with Crippen molar-refractivity contribution in [3.63, 3.8) is 0 Å². The van der Waals surface area contributed by atoms with E-state index in [0.29, 0.717) is 5.41 Å². The Morgan fingerprint density at radius 2 is 2.09 bits per heavy atom. The maximum atomic E-state index is 3.39. The van der Waals surface area contributed by atoms with Gasteiger partial charge in [0, 0.05) is 0 Å².